The lowest BCUT2D eigenvalue weighted by atomic mass is 10.1. The Bertz CT molecular complexity index is 635. The summed E-state index contributed by atoms with van der Waals surface area (Å²) in [5, 5.41) is 9.13. The molecule has 9 heteroatoms. The Labute approximate surface area is 120 Å². The van der Waals surface area contributed by atoms with Gasteiger partial charge in [-0.25, -0.2) is 13.2 Å². The molecule has 0 aromatic heterocycles. The largest absolute Gasteiger partial charge is 0.479 e. The Morgan fingerprint density at radius 2 is 1.57 bits per heavy atom. The molecule has 1 aromatic carbocycles. The average molecular weight is 325 g/mol. The number of halogens is 3. The summed E-state index contributed by atoms with van der Waals surface area (Å²) in [6.45, 7) is 2.29. The zero-order valence-corrected chi connectivity index (χ0v) is 12.3. The van der Waals surface area contributed by atoms with Crippen LogP contribution in [0.3, 0.4) is 0 Å². The first kappa shape index (κ1) is 17.3. The lowest BCUT2D eigenvalue weighted by Crippen LogP contribution is -2.53. The van der Waals surface area contributed by atoms with Crippen LogP contribution in [0.1, 0.15) is 19.4 Å². The van der Waals surface area contributed by atoms with E-state index >= 15 is 0 Å². The number of alkyl halides is 3. The molecule has 21 heavy (non-hydrogen) atoms. The lowest BCUT2D eigenvalue weighted by Gasteiger charge is -2.34. The van der Waals surface area contributed by atoms with E-state index < -0.39 is 33.3 Å². The minimum Gasteiger partial charge on any atom is -0.479 e. The molecule has 1 aromatic rings. The molecule has 0 aliphatic carbocycles. The van der Waals surface area contributed by atoms with Crippen molar-refractivity contribution in [3.8, 4) is 0 Å². The molecule has 0 atom stereocenters. The van der Waals surface area contributed by atoms with E-state index in [1.54, 1.807) is 0 Å². The topological polar surface area (TPSA) is 74.7 Å². The van der Waals surface area contributed by atoms with Crippen molar-refractivity contribution in [1.82, 2.24) is 0 Å². The molecule has 0 spiro atoms. The molecule has 0 radical (unpaired) electrons. The van der Waals surface area contributed by atoms with Gasteiger partial charge >= 0.3 is 12.1 Å². The summed E-state index contributed by atoms with van der Waals surface area (Å²) in [6, 6.07) is 3.25. The molecule has 0 bridgehead atoms. The molecule has 0 aliphatic rings. The van der Waals surface area contributed by atoms with Gasteiger partial charge in [0, 0.05) is 0 Å². The van der Waals surface area contributed by atoms with Crippen LogP contribution in [-0.2, 0) is 21.0 Å². The molecule has 0 heterocycles. The van der Waals surface area contributed by atoms with Gasteiger partial charge in [0.05, 0.1) is 17.5 Å². The highest BCUT2D eigenvalue weighted by Gasteiger charge is 2.41. The van der Waals surface area contributed by atoms with Crippen LogP contribution in [0.25, 0.3) is 0 Å². The highest BCUT2D eigenvalue weighted by Crippen LogP contribution is 2.33. The van der Waals surface area contributed by atoms with Crippen LogP contribution in [0, 0.1) is 0 Å². The number of rotatable bonds is 4. The van der Waals surface area contributed by atoms with E-state index in [4.69, 9.17) is 5.11 Å². The summed E-state index contributed by atoms with van der Waals surface area (Å²) < 4.78 is 61.7. The van der Waals surface area contributed by atoms with Gasteiger partial charge in [-0.2, -0.15) is 13.2 Å². The van der Waals surface area contributed by atoms with E-state index in [2.05, 4.69) is 0 Å². The average Bonchev–Trinajstić information content (AvgIpc) is 2.25. The van der Waals surface area contributed by atoms with Crippen molar-refractivity contribution in [2.75, 3.05) is 10.6 Å². The minimum absolute atomic E-state index is 0.155. The fraction of sp³-hybridized carbons (Fsp3) is 0.417. The molecule has 5 nitrogen and oxygen atoms in total. The fourth-order valence-corrected chi connectivity index (χ4v) is 3.21. The second-order valence-corrected chi connectivity index (χ2v) is 6.77. The number of benzene rings is 1. The Kier molecular flexibility index (Phi) is 4.29. The van der Waals surface area contributed by atoms with Gasteiger partial charge in [0.2, 0.25) is 10.0 Å². The molecule has 1 N–H and O–H groups in total. The quantitative estimate of drug-likeness (QED) is 0.922. The molecule has 0 saturated carbocycles. The predicted octanol–water partition coefficient (Wildman–Crippen LogP) is 2.33. The lowest BCUT2D eigenvalue weighted by molar-refractivity contribution is -0.141. The first-order chi connectivity index (χ1) is 9.28. The Morgan fingerprint density at radius 1 is 1.14 bits per heavy atom. The third-order valence-electron chi connectivity index (χ3n) is 2.79. The molecule has 0 aliphatic heterocycles. The van der Waals surface area contributed by atoms with E-state index in [1.807, 2.05) is 0 Å². The number of carbonyl (C=O) groups is 1. The molecule has 0 saturated heterocycles. The molecule has 0 fully saturated rings. The van der Waals surface area contributed by atoms with Gasteiger partial charge in [0.25, 0.3) is 0 Å². The van der Waals surface area contributed by atoms with Crippen LogP contribution in [0.4, 0.5) is 18.9 Å². The van der Waals surface area contributed by atoms with Crippen molar-refractivity contribution in [2.45, 2.75) is 25.6 Å². The van der Waals surface area contributed by atoms with Crippen molar-refractivity contribution >= 4 is 21.7 Å². The normalized spacial score (nSPS) is 13.0. The summed E-state index contributed by atoms with van der Waals surface area (Å²) >= 11 is 0. The number of carboxylic acid groups (broad SMARTS) is 1. The van der Waals surface area contributed by atoms with Gasteiger partial charge in [-0.3, -0.25) is 4.31 Å². The van der Waals surface area contributed by atoms with Crippen LogP contribution >= 0.6 is 0 Å². The molecule has 1 rings (SSSR count). The molecule has 118 valence electrons. The van der Waals surface area contributed by atoms with Gasteiger partial charge in [-0.05, 0) is 38.1 Å². The minimum atomic E-state index is -4.56. The maximum absolute atomic E-state index is 12.5. The van der Waals surface area contributed by atoms with Crippen molar-refractivity contribution in [3.63, 3.8) is 0 Å². The summed E-state index contributed by atoms with van der Waals surface area (Å²) in [5.74, 6) is -1.42. The summed E-state index contributed by atoms with van der Waals surface area (Å²) in [7, 11) is -4.00. The fourth-order valence-electron chi connectivity index (χ4n) is 1.80. The zero-order valence-electron chi connectivity index (χ0n) is 11.5. The smallest absolute Gasteiger partial charge is 0.416 e. The number of sulfonamides is 1. The molecular weight excluding hydrogens is 311 g/mol. The van der Waals surface area contributed by atoms with Crippen LogP contribution in [-0.4, -0.2) is 31.3 Å². The van der Waals surface area contributed by atoms with Crippen molar-refractivity contribution < 1.29 is 31.5 Å². The third-order valence-corrected chi connectivity index (χ3v) is 4.12. The van der Waals surface area contributed by atoms with Crippen LogP contribution in [0.15, 0.2) is 24.3 Å². The summed E-state index contributed by atoms with van der Waals surface area (Å²) in [6.07, 6.45) is -3.77. The number of hydrogen-bond donors (Lipinski definition) is 1. The number of carboxylic acids is 1. The number of anilines is 1. The zero-order chi connectivity index (χ0) is 16.6. The van der Waals surface area contributed by atoms with Crippen molar-refractivity contribution in [1.29, 1.82) is 0 Å². The van der Waals surface area contributed by atoms with Gasteiger partial charge in [-0.15, -0.1) is 0 Å². The highest BCUT2D eigenvalue weighted by atomic mass is 32.2. The second-order valence-electron chi connectivity index (χ2n) is 4.94. The number of hydrogen-bond acceptors (Lipinski definition) is 3. The van der Waals surface area contributed by atoms with Crippen LogP contribution in [0.2, 0.25) is 0 Å². The van der Waals surface area contributed by atoms with E-state index in [0.717, 1.165) is 32.2 Å². The van der Waals surface area contributed by atoms with E-state index in [1.165, 1.54) is 0 Å². The van der Waals surface area contributed by atoms with Crippen molar-refractivity contribution in [3.05, 3.63) is 29.8 Å². The van der Waals surface area contributed by atoms with Gasteiger partial charge in [0.1, 0.15) is 5.54 Å². The standard InChI is InChI=1S/C12H14F3NO4S/c1-11(2,10(17)18)16(21(3,19)20)9-6-4-8(5-7-9)12(13,14)15/h4-7H,1-3H3,(H,17,18). The SMILES string of the molecule is CC(C)(C(=O)O)N(c1ccc(C(F)(F)F)cc1)S(C)(=O)=O. The second kappa shape index (κ2) is 5.21. The maximum atomic E-state index is 12.5. The molecule has 0 amide bonds. The number of aliphatic carboxylic acids is 1. The van der Waals surface area contributed by atoms with Gasteiger partial charge in [0.15, 0.2) is 0 Å². The van der Waals surface area contributed by atoms with E-state index in [-0.39, 0.29) is 5.69 Å². The maximum Gasteiger partial charge on any atom is 0.416 e. The van der Waals surface area contributed by atoms with E-state index in [0.29, 0.717) is 16.4 Å². The number of nitrogens with zero attached hydrogens (tertiary/aromatic N) is 1. The summed E-state index contributed by atoms with van der Waals surface area (Å²) in [5.41, 5.74) is -2.95. The monoisotopic (exact) mass is 325 g/mol. The van der Waals surface area contributed by atoms with Crippen molar-refractivity contribution in [2.24, 2.45) is 0 Å². The van der Waals surface area contributed by atoms with Gasteiger partial charge in [-0.1, -0.05) is 0 Å². The first-order valence-electron chi connectivity index (χ1n) is 5.69. The van der Waals surface area contributed by atoms with Gasteiger partial charge < -0.3 is 5.11 Å². The summed E-state index contributed by atoms with van der Waals surface area (Å²) in [4.78, 5) is 11.2. The van der Waals surface area contributed by atoms with Crippen LogP contribution in [0.5, 0.6) is 0 Å². The molecule has 0 unspecified atom stereocenters. The highest BCUT2D eigenvalue weighted by molar-refractivity contribution is 7.92. The van der Waals surface area contributed by atoms with Crippen LogP contribution < -0.4 is 4.31 Å². The predicted molar refractivity (Wildman–Crippen MR) is 70.5 cm³/mol. The van der Waals surface area contributed by atoms with E-state index in [9.17, 15) is 26.4 Å². The molecular formula is C12H14F3NO4S. The first-order valence-corrected chi connectivity index (χ1v) is 7.54. The Morgan fingerprint density at radius 3 is 1.86 bits per heavy atom. The Balaban J connectivity index is 3.40. The third kappa shape index (κ3) is 3.66. The Hall–Kier alpha value is -1.77.